The van der Waals surface area contributed by atoms with E-state index in [0.717, 1.165) is 62.9 Å². The van der Waals surface area contributed by atoms with Gasteiger partial charge >= 0.3 is 11.9 Å². The van der Waals surface area contributed by atoms with E-state index in [1.807, 2.05) is 21.6 Å². The molecule has 0 saturated carbocycles. The van der Waals surface area contributed by atoms with Gasteiger partial charge in [0.2, 0.25) is 0 Å². The number of hydrogen-bond donors (Lipinski definition) is 2. The van der Waals surface area contributed by atoms with Crippen LogP contribution in [0, 0.1) is 0 Å². The van der Waals surface area contributed by atoms with Crippen LogP contribution in [0.25, 0.3) is 0 Å². The zero-order valence-corrected chi connectivity index (χ0v) is 13.6. The molecule has 0 amide bonds. The first-order valence-corrected chi connectivity index (χ1v) is 9.79. The van der Waals surface area contributed by atoms with Gasteiger partial charge in [-0.25, -0.2) is 0 Å². The lowest BCUT2D eigenvalue weighted by atomic mass is 10.2. The van der Waals surface area contributed by atoms with Crippen molar-refractivity contribution < 1.29 is 19.8 Å². The minimum atomic E-state index is -0.696. The first kappa shape index (κ1) is 19.6. The molecule has 2 N–H and O–H groups in total. The third kappa shape index (κ3) is 17.6. The van der Waals surface area contributed by atoms with Crippen LogP contribution >= 0.6 is 21.6 Å². The molecule has 0 radical (unpaired) electrons. The molecule has 0 atom stereocenters. The summed E-state index contributed by atoms with van der Waals surface area (Å²) >= 11 is 0. The molecule has 0 heterocycles. The molecule has 0 unspecified atom stereocenters. The summed E-state index contributed by atoms with van der Waals surface area (Å²) in [5, 5.41) is 17.0. The summed E-state index contributed by atoms with van der Waals surface area (Å²) in [6.45, 7) is 0. The van der Waals surface area contributed by atoms with Gasteiger partial charge in [0.25, 0.3) is 0 Å². The summed E-state index contributed by atoms with van der Waals surface area (Å²) < 4.78 is 0. The first-order chi connectivity index (χ1) is 9.63. The minimum absolute atomic E-state index is 0.295. The summed E-state index contributed by atoms with van der Waals surface area (Å²) in [6.07, 6.45) is 8.78. The second-order valence-corrected chi connectivity index (χ2v) is 7.46. The summed E-state index contributed by atoms with van der Waals surface area (Å²) in [5.74, 6) is 0.879. The van der Waals surface area contributed by atoms with Crippen molar-refractivity contribution in [1.29, 1.82) is 0 Å². The highest BCUT2D eigenvalue weighted by Crippen LogP contribution is 2.24. The van der Waals surface area contributed by atoms with Crippen molar-refractivity contribution in [1.82, 2.24) is 0 Å². The highest BCUT2D eigenvalue weighted by atomic mass is 33.1. The predicted octanol–water partition coefficient (Wildman–Crippen LogP) is 4.44. The molecule has 4 nitrogen and oxygen atoms in total. The normalized spacial score (nSPS) is 10.6. The molecule has 0 bridgehead atoms. The van der Waals surface area contributed by atoms with E-state index in [1.54, 1.807) is 0 Å². The van der Waals surface area contributed by atoms with Crippen LogP contribution in [-0.2, 0) is 9.59 Å². The van der Waals surface area contributed by atoms with Crippen LogP contribution in [0.15, 0.2) is 0 Å². The van der Waals surface area contributed by atoms with Gasteiger partial charge in [0, 0.05) is 24.3 Å². The average Bonchev–Trinajstić information content (AvgIpc) is 2.38. The Balaban J connectivity index is 2.99. The number of hydrogen-bond acceptors (Lipinski definition) is 4. The fraction of sp³-hybridized carbons (Fsp3) is 0.857. The van der Waals surface area contributed by atoms with Crippen LogP contribution in [0.5, 0.6) is 0 Å². The van der Waals surface area contributed by atoms with Crippen LogP contribution in [0.3, 0.4) is 0 Å². The van der Waals surface area contributed by atoms with Crippen molar-refractivity contribution >= 4 is 33.5 Å². The number of carbonyl (C=O) groups is 2. The van der Waals surface area contributed by atoms with Gasteiger partial charge in [-0.1, -0.05) is 47.3 Å². The molecule has 0 aromatic heterocycles. The van der Waals surface area contributed by atoms with E-state index in [-0.39, 0.29) is 0 Å². The molecular formula is C14H26O4S2. The van der Waals surface area contributed by atoms with Gasteiger partial charge < -0.3 is 10.2 Å². The van der Waals surface area contributed by atoms with E-state index in [9.17, 15) is 9.59 Å². The monoisotopic (exact) mass is 322 g/mol. The van der Waals surface area contributed by atoms with E-state index >= 15 is 0 Å². The molecule has 0 fully saturated rings. The first-order valence-electron chi connectivity index (χ1n) is 7.31. The highest BCUT2D eigenvalue weighted by Gasteiger charge is 1.98. The van der Waals surface area contributed by atoms with Crippen LogP contribution in [0.4, 0.5) is 0 Å². The molecular weight excluding hydrogens is 296 g/mol. The minimum Gasteiger partial charge on any atom is -0.481 e. The molecule has 0 aliphatic carbocycles. The fourth-order valence-corrected chi connectivity index (χ4v) is 3.99. The predicted molar refractivity (Wildman–Crippen MR) is 86.4 cm³/mol. The van der Waals surface area contributed by atoms with Gasteiger partial charge in [-0.05, 0) is 25.7 Å². The van der Waals surface area contributed by atoms with Gasteiger partial charge in [0.05, 0.1) is 0 Å². The Labute approximate surface area is 129 Å². The van der Waals surface area contributed by atoms with Gasteiger partial charge in [-0.2, -0.15) is 0 Å². The Kier molecular flexibility index (Phi) is 14.8. The van der Waals surface area contributed by atoms with Crippen molar-refractivity contribution in [2.45, 2.75) is 64.2 Å². The van der Waals surface area contributed by atoms with Crippen molar-refractivity contribution in [3.05, 3.63) is 0 Å². The Hall–Kier alpha value is -0.360. The van der Waals surface area contributed by atoms with E-state index in [4.69, 9.17) is 10.2 Å². The topological polar surface area (TPSA) is 74.6 Å². The van der Waals surface area contributed by atoms with Crippen LogP contribution in [0.1, 0.15) is 64.2 Å². The molecule has 0 aliphatic rings. The van der Waals surface area contributed by atoms with Crippen LogP contribution < -0.4 is 0 Å². The number of aliphatic carboxylic acids is 2. The summed E-state index contributed by atoms with van der Waals surface area (Å²) in [5.41, 5.74) is 0. The highest BCUT2D eigenvalue weighted by molar-refractivity contribution is 8.76. The average molecular weight is 322 g/mol. The molecule has 6 heteroatoms. The molecule has 0 rings (SSSR count). The van der Waals surface area contributed by atoms with Crippen LogP contribution in [-0.4, -0.2) is 33.7 Å². The molecule has 0 aromatic rings. The second-order valence-electron chi connectivity index (χ2n) is 4.76. The van der Waals surface area contributed by atoms with E-state index in [0.29, 0.717) is 12.8 Å². The SMILES string of the molecule is O=C(O)CCCCCCSSCCCCCCC(=O)O. The zero-order valence-electron chi connectivity index (χ0n) is 12.0. The smallest absolute Gasteiger partial charge is 0.303 e. The van der Waals surface area contributed by atoms with Gasteiger partial charge in [-0.3, -0.25) is 9.59 Å². The molecule has 0 saturated heterocycles. The second kappa shape index (κ2) is 15.0. The van der Waals surface area contributed by atoms with E-state index < -0.39 is 11.9 Å². The van der Waals surface area contributed by atoms with Gasteiger partial charge in [0.15, 0.2) is 0 Å². The number of carboxylic acids is 2. The van der Waals surface area contributed by atoms with Gasteiger partial charge in [0.1, 0.15) is 0 Å². The Morgan fingerprint density at radius 1 is 0.600 bits per heavy atom. The maximum atomic E-state index is 10.3. The van der Waals surface area contributed by atoms with Gasteiger partial charge in [-0.15, -0.1) is 0 Å². The van der Waals surface area contributed by atoms with Crippen molar-refractivity contribution in [2.24, 2.45) is 0 Å². The standard InChI is InChI=1S/C14H26O4S2/c15-13(16)9-5-1-3-7-11-19-20-12-8-4-2-6-10-14(17)18/h1-12H2,(H,15,16)(H,17,18). The lowest BCUT2D eigenvalue weighted by Gasteiger charge is -2.02. The third-order valence-corrected chi connectivity index (χ3v) is 5.40. The van der Waals surface area contributed by atoms with Crippen molar-refractivity contribution in [3.8, 4) is 0 Å². The molecule has 0 aromatic carbocycles. The maximum Gasteiger partial charge on any atom is 0.303 e. The Bertz CT molecular complexity index is 234. The zero-order chi connectivity index (χ0) is 15.1. The Morgan fingerprint density at radius 3 is 1.30 bits per heavy atom. The van der Waals surface area contributed by atoms with Crippen molar-refractivity contribution in [3.63, 3.8) is 0 Å². The summed E-state index contributed by atoms with van der Waals surface area (Å²) in [7, 11) is 3.79. The molecule has 118 valence electrons. The lowest BCUT2D eigenvalue weighted by molar-refractivity contribution is -0.138. The van der Waals surface area contributed by atoms with E-state index in [2.05, 4.69) is 0 Å². The third-order valence-electron chi connectivity index (χ3n) is 2.82. The van der Waals surface area contributed by atoms with E-state index in [1.165, 1.54) is 0 Å². The molecule has 20 heavy (non-hydrogen) atoms. The largest absolute Gasteiger partial charge is 0.481 e. The lowest BCUT2D eigenvalue weighted by Crippen LogP contribution is -1.93. The maximum absolute atomic E-state index is 10.3. The molecule has 0 spiro atoms. The molecule has 0 aliphatic heterocycles. The number of rotatable bonds is 15. The Morgan fingerprint density at radius 2 is 0.950 bits per heavy atom. The fourth-order valence-electron chi connectivity index (χ4n) is 1.70. The van der Waals surface area contributed by atoms with Crippen LogP contribution in [0.2, 0.25) is 0 Å². The summed E-state index contributed by atoms with van der Waals surface area (Å²) in [4.78, 5) is 20.6. The quantitative estimate of drug-likeness (QED) is 0.343. The number of carboxylic acid groups (broad SMARTS) is 2. The number of unbranched alkanes of at least 4 members (excludes halogenated alkanes) is 6. The van der Waals surface area contributed by atoms with Crippen molar-refractivity contribution in [2.75, 3.05) is 11.5 Å². The summed E-state index contributed by atoms with van der Waals surface area (Å²) in [6, 6.07) is 0.